The molecule has 0 aliphatic rings. The molecule has 21 nitrogen and oxygen atoms in total. The van der Waals surface area contributed by atoms with Gasteiger partial charge in [0.05, 0.1) is 26.2 Å². The van der Waals surface area contributed by atoms with E-state index in [0.29, 0.717) is 17.2 Å². The van der Waals surface area contributed by atoms with Crippen molar-refractivity contribution < 1.29 is 56.6 Å². The molecule has 0 saturated carbocycles. The predicted molar refractivity (Wildman–Crippen MR) is 251 cm³/mol. The maximum atomic E-state index is 13.4. The molecule has 0 unspecified atom stereocenters. The molecule has 0 radical (unpaired) electrons. The number of thiocarbonyl (C=S) groups is 4. The van der Waals surface area contributed by atoms with E-state index in [1.807, 2.05) is 0 Å². The van der Waals surface area contributed by atoms with Gasteiger partial charge in [0.15, 0.2) is 20.4 Å². The lowest BCUT2D eigenvalue weighted by Crippen LogP contribution is -2.66. The third kappa shape index (κ3) is 17.0. The highest BCUT2D eigenvalue weighted by molar-refractivity contribution is 7.88. The zero-order chi connectivity index (χ0) is 47.9. The Bertz CT molecular complexity index is 1650. The third-order valence-electron chi connectivity index (χ3n) is 9.67. The third-order valence-corrected chi connectivity index (χ3v) is 15.5. The molecule has 0 saturated heterocycles. The topological polar surface area (TPSA) is 253 Å². The maximum absolute atomic E-state index is 13.4. The minimum absolute atomic E-state index is 0.0244. The number of hydrogen-bond acceptors (Lipinski definition) is 13. The second kappa shape index (κ2) is 25.2. The first-order chi connectivity index (χ1) is 27.9. The number of ether oxygens (including phenoxy) is 1. The van der Waals surface area contributed by atoms with E-state index in [2.05, 4.69) is 0 Å². The van der Waals surface area contributed by atoms with Crippen molar-refractivity contribution >= 4 is 111 Å². The van der Waals surface area contributed by atoms with Crippen molar-refractivity contribution in [3.63, 3.8) is 0 Å². The molecule has 0 atom stereocenters. The first kappa shape index (κ1) is 59.4. The van der Waals surface area contributed by atoms with Crippen molar-refractivity contribution in [1.29, 1.82) is 0 Å². The van der Waals surface area contributed by atoms with Crippen LogP contribution in [0.2, 0.25) is 0 Å². The molecule has 0 aliphatic carbocycles. The van der Waals surface area contributed by atoms with Crippen molar-refractivity contribution in [2.24, 2.45) is 0 Å². The van der Waals surface area contributed by atoms with E-state index in [4.69, 9.17) is 53.6 Å². The summed E-state index contributed by atoms with van der Waals surface area (Å²) in [4.78, 5) is 5.52. The Morgan fingerprint density at radius 2 is 0.557 bits per heavy atom. The molecule has 0 rings (SSSR count). The first-order valence-corrected chi connectivity index (χ1v) is 27.0. The van der Waals surface area contributed by atoms with E-state index < -0.39 is 99.0 Å². The Balaban J connectivity index is 9.20. The van der Waals surface area contributed by atoms with Gasteiger partial charge in [-0.15, -0.1) is 0 Å². The zero-order valence-electron chi connectivity index (χ0n) is 36.6. The minimum Gasteiger partial charge on any atom is -0.361 e. The lowest BCUT2D eigenvalue weighted by atomic mass is 9.91. The quantitative estimate of drug-likeness (QED) is 0.0718. The molecule has 4 N–H and O–H groups in total. The predicted octanol–water partition coefficient (Wildman–Crippen LogP) is 3.01. The van der Waals surface area contributed by atoms with Crippen LogP contribution < -0.4 is 0 Å². The summed E-state index contributed by atoms with van der Waals surface area (Å²) in [6.07, 6.45) is -0.707. The second-order valence-corrected chi connectivity index (χ2v) is 20.5. The Morgan fingerprint density at radius 3 is 0.672 bits per heavy atom. The molecule has 0 aromatic heterocycles. The van der Waals surface area contributed by atoms with Crippen LogP contribution in [0, 0.1) is 0 Å². The van der Waals surface area contributed by atoms with E-state index in [-0.39, 0.29) is 78.0 Å². The fourth-order valence-corrected chi connectivity index (χ4v) is 11.9. The summed E-state index contributed by atoms with van der Waals surface area (Å²) in [5.41, 5.74) is -4.76. The van der Waals surface area contributed by atoms with Gasteiger partial charge in [-0.1, -0.05) is 26.7 Å². The molecule has 0 aromatic rings. The smallest absolute Gasteiger partial charge is 0.361 e. The van der Waals surface area contributed by atoms with Gasteiger partial charge in [0.25, 0.3) is 0 Å². The molecule has 29 heteroatoms. The average Bonchev–Trinajstić information content (AvgIpc) is 3.14. The number of hydrogen-bond donors (Lipinski definition) is 4. The molecule has 0 spiro atoms. The Kier molecular flexibility index (Phi) is 24.5. The van der Waals surface area contributed by atoms with Crippen LogP contribution in [-0.4, -0.2) is 199 Å². The van der Waals surface area contributed by atoms with Crippen LogP contribution in [0.5, 0.6) is 0 Å². The fraction of sp³-hybridized carbons (Fsp3) is 0.875. The van der Waals surface area contributed by atoms with E-state index in [1.165, 1.54) is 19.6 Å². The summed E-state index contributed by atoms with van der Waals surface area (Å²) in [5.74, 6) is 0. The first-order valence-electron chi connectivity index (χ1n) is 19.8. The van der Waals surface area contributed by atoms with Crippen molar-refractivity contribution in [2.45, 2.75) is 106 Å². The van der Waals surface area contributed by atoms with Crippen LogP contribution in [-0.2, 0) is 46.0 Å². The summed E-state index contributed by atoms with van der Waals surface area (Å²) in [6.45, 7) is 13.2. The van der Waals surface area contributed by atoms with E-state index in [9.17, 15) is 51.9 Å². The van der Waals surface area contributed by atoms with Gasteiger partial charge in [-0.2, -0.15) is 33.7 Å². The Hall–Kier alpha value is -1.64. The summed E-state index contributed by atoms with van der Waals surface area (Å²) in [5, 5.41) is -1.86. The number of rotatable bonds is 26. The zero-order valence-corrected chi connectivity index (χ0v) is 43.2. The van der Waals surface area contributed by atoms with Crippen LogP contribution in [0.1, 0.15) is 94.9 Å². The van der Waals surface area contributed by atoms with Crippen LogP contribution >= 0.6 is 48.9 Å². The Morgan fingerprint density at radius 1 is 0.393 bits per heavy atom. The largest absolute Gasteiger partial charge is 0.361 e. The molecule has 0 aromatic carbocycles. The highest BCUT2D eigenvalue weighted by Gasteiger charge is 2.52. The van der Waals surface area contributed by atoms with Gasteiger partial charge in [-0.25, -0.2) is 17.2 Å². The minimum atomic E-state index is -5.37. The molecule has 0 amide bonds. The van der Waals surface area contributed by atoms with Crippen LogP contribution in [0.25, 0.3) is 0 Å². The van der Waals surface area contributed by atoms with Crippen molar-refractivity contribution in [1.82, 2.24) is 36.8 Å². The summed E-state index contributed by atoms with van der Waals surface area (Å²) in [6, 6.07) is 0. The van der Waals surface area contributed by atoms with Gasteiger partial charge in [-0.05, 0) is 117 Å². The van der Waals surface area contributed by atoms with Crippen LogP contribution in [0.15, 0.2) is 0 Å². The van der Waals surface area contributed by atoms with E-state index in [1.54, 1.807) is 69.2 Å². The van der Waals surface area contributed by atoms with E-state index in [0.717, 1.165) is 0 Å². The van der Waals surface area contributed by atoms with Crippen molar-refractivity contribution in [2.75, 3.05) is 78.5 Å². The van der Waals surface area contributed by atoms with Gasteiger partial charge < -0.3 is 24.3 Å². The molecule has 360 valence electrons. The van der Waals surface area contributed by atoms with Crippen LogP contribution in [0.4, 0.5) is 0 Å². The van der Waals surface area contributed by atoms with Gasteiger partial charge in [0.1, 0.15) is 11.2 Å². The highest BCUT2D eigenvalue weighted by atomic mass is 32.2. The normalized spacial score (nSPS) is 12.7. The van der Waals surface area contributed by atoms with Crippen LogP contribution in [0.3, 0.4) is 0 Å². The van der Waals surface area contributed by atoms with Gasteiger partial charge in [-0.3, -0.25) is 18.2 Å². The lowest BCUT2D eigenvalue weighted by Gasteiger charge is -2.50. The summed E-state index contributed by atoms with van der Waals surface area (Å²) >= 11 is 22.3. The van der Waals surface area contributed by atoms with Gasteiger partial charge in [0.2, 0.25) is 0 Å². The molecular weight excluding hydrogens is 961 g/mol. The second-order valence-electron chi connectivity index (χ2n) is 13.7. The fourth-order valence-electron chi connectivity index (χ4n) is 6.66. The molecule has 61 heavy (non-hydrogen) atoms. The standard InChI is InChI=1S/C32H66N8O13S8/c1-11-21-31(23-37(58(41,42)43)27(54)33(13-3)14-4,24-38(59(44,45)46)28(55)34(15-5)16-6)53-32(22-12-2,25-39(60(47,48)49)29(56)35(17-7)18-8)26-40(61(50,51)52)30(57)36(19-9)20-10/h11-26H2,1-10H3,(H,41,42,43)(H,44,45,46)(H,47,48,49)(H,50,51,52). The summed E-state index contributed by atoms with van der Waals surface area (Å²) in [7, 11) is -21.5. The average molecular weight is 1030 g/mol. The number of nitrogens with zero attached hydrogens (tertiary/aromatic N) is 8. The molecule has 0 bridgehead atoms. The van der Waals surface area contributed by atoms with E-state index >= 15 is 0 Å². The molecule has 0 fully saturated rings. The molecule has 0 aliphatic heterocycles. The SMILES string of the molecule is CCCC(CN(C(=S)N(CC)CC)S(=O)(=O)O)(CN(C(=S)N(CC)CC)S(=O)(=O)O)OC(CCC)(CN(C(=S)N(CC)CC)S(=O)(=O)O)CN(C(=S)N(CC)CC)S(=O)(=O)O. The highest BCUT2D eigenvalue weighted by Crippen LogP contribution is 2.36. The maximum Gasteiger partial charge on any atom is 0.361 e. The monoisotopic (exact) mass is 1030 g/mol. The van der Waals surface area contributed by atoms with Gasteiger partial charge in [0, 0.05) is 52.4 Å². The van der Waals surface area contributed by atoms with Crippen molar-refractivity contribution in [3.05, 3.63) is 0 Å². The molecular formula is C32H66N8O13S8. The van der Waals surface area contributed by atoms with Crippen molar-refractivity contribution in [3.8, 4) is 0 Å². The van der Waals surface area contributed by atoms with Gasteiger partial charge >= 0.3 is 41.2 Å². The lowest BCUT2D eigenvalue weighted by molar-refractivity contribution is -0.172. The molecule has 0 heterocycles. The summed E-state index contributed by atoms with van der Waals surface area (Å²) < 4.78 is 159. The Labute approximate surface area is 386 Å².